The summed E-state index contributed by atoms with van der Waals surface area (Å²) in [5.74, 6) is -1.16. The summed E-state index contributed by atoms with van der Waals surface area (Å²) >= 11 is 0. The highest BCUT2D eigenvalue weighted by Gasteiger charge is 2.60. The average molecular weight is 385 g/mol. The van der Waals surface area contributed by atoms with Crippen molar-refractivity contribution in [3.63, 3.8) is 0 Å². The summed E-state index contributed by atoms with van der Waals surface area (Å²) < 4.78 is 0. The number of amides is 2. The molecular formula is C23H19N3O3. The first-order valence-electron chi connectivity index (χ1n) is 9.55. The van der Waals surface area contributed by atoms with Gasteiger partial charge in [0.25, 0.3) is 5.91 Å². The zero-order chi connectivity index (χ0) is 19.8. The van der Waals surface area contributed by atoms with Crippen LogP contribution in [0.1, 0.15) is 17.3 Å². The summed E-state index contributed by atoms with van der Waals surface area (Å²) in [7, 11) is 0. The number of pyridine rings is 1. The number of aromatic nitrogens is 1. The second-order valence-electron chi connectivity index (χ2n) is 7.16. The molecule has 0 saturated carbocycles. The lowest BCUT2D eigenvalue weighted by atomic mass is 9.93. The number of hydrogen-bond acceptors (Lipinski definition) is 5. The van der Waals surface area contributed by atoms with Gasteiger partial charge in [0.15, 0.2) is 6.10 Å². The molecule has 0 radical (unpaired) electrons. The molecule has 29 heavy (non-hydrogen) atoms. The molecule has 3 heterocycles. The molecule has 2 saturated heterocycles. The fourth-order valence-electron chi connectivity index (χ4n) is 4.04. The minimum atomic E-state index is -0.849. The Morgan fingerprint density at radius 2 is 1.52 bits per heavy atom. The van der Waals surface area contributed by atoms with Gasteiger partial charge in [-0.1, -0.05) is 54.6 Å². The molecule has 5 rings (SSSR count). The van der Waals surface area contributed by atoms with E-state index in [0.717, 1.165) is 11.3 Å². The van der Waals surface area contributed by atoms with E-state index < -0.39 is 18.1 Å². The molecule has 2 fully saturated rings. The van der Waals surface area contributed by atoms with E-state index in [4.69, 9.17) is 4.84 Å². The molecule has 6 nitrogen and oxygen atoms in total. The van der Waals surface area contributed by atoms with Crippen LogP contribution in [0.3, 0.4) is 0 Å². The summed E-state index contributed by atoms with van der Waals surface area (Å²) in [6.07, 6.45) is 0.841. The van der Waals surface area contributed by atoms with Crippen molar-refractivity contribution in [1.82, 2.24) is 9.88 Å². The van der Waals surface area contributed by atoms with Gasteiger partial charge in [0.2, 0.25) is 5.91 Å². The maximum absolute atomic E-state index is 13.3. The van der Waals surface area contributed by atoms with E-state index in [0.29, 0.717) is 5.69 Å². The lowest BCUT2D eigenvalue weighted by molar-refractivity contribution is -0.143. The number of benzene rings is 2. The minimum absolute atomic E-state index is 0.224. The standard InChI is InChI=1S/C23H19N3O3/c27-22-19-20(18-13-7-8-14-24-18)26(17-11-5-2-6-12-17)29-21(19)23(28)25(22)15-16-9-3-1-4-10-16/h1-14,19-21H,15H2/t19-,20-,21+/m0/s1. The van der Waals surface area contributed by atoms with Crippen molar-refractivity contribution in [3.05, 3.63) is 96.3 Å². The van der Waals surface area contributed by atoms with Gasteiger partial charge in [-0.3, -0.25) is 24.3 Å². The van der Waals surface area contributed by atoms with Gasteiger partial charge in [-0.2, -0.15) is 0 Å². The van der Waals surface area contributed by atoms with Crippen molar-refractivity contribution >= 4 is 17.5 Å². The second-order valence-corrected chi connectivity index (χ2v) is 7.16. The monoisotopic (exact) mass is 385 g/mol. The Hall–Kier alpha value is -3.51. The Morgan fingerprint density at radius 1 is 0.828 bits per heavy atom. The van der Waals surface area contributed by atoms with Gasteiger partial charge >= 0.3 is 0 Å². The van der Waals surface area contributed by atoms with Gasteiger partial charge < -0.3 is 0 Å². The average Bonchev–Trinajstić information content (AvgIpc) is 3.28. The fourth-order valence-corrected chi connectivity index (χ4v) is 4.04. The van der Waals surface area contributed by atoms with E-state index in [-0.39, 0.29) is 18.4 Å². The van der Waals surface area contributed by atoms with Gasteiger partial charge in [-0.25, -0.2) is 5.06 Å². The lowest BCUT2D eigenvalue weighted by Crippen LogP contribution is -2.37. The van der Waals surface area contributed by atoms with Crippen molar-refractivity contribution in [1.29, 1.82) is 0 Å². The normalized spacial score (nSPS) is 23.5. The van der Waals surface area contributed by atoms with Crippen LogP contribution in [0.25, 0.3) is 0 Å². The Kier molecular flexibility index (Phi) is 4.33. The molecule has 2 amide bonds. The third kappa shape index (κ3) is 2.98. The molecule has 0 spiro atoms. The number of hydroxylamine groups is 1. The predicted octanol–water partition coefficient (Wildman–Crippen LogP) is 3.13. The van der Waals surface area contributed by atoms with Crippen LogP contribution in [-0.4, -0.2) is 27.8 Å². The summed E-state index contributed by atoms with van der Waals surface area (Å²) in [6.45, 7) is 0.245. The Labute approximate surface area is 168 Å². The van der Waals surface area contributed by atoms with Crippen LogP contribution < -0.4 is 5.06 Å². The molecule has 144 valence electrons. The van der Waals surface area contributed by atoms with Crippen molar-refractivity contribution < 1.29 is 14.4 Å². The smallest absolute Gasteiger partial charge is 0.262 e. The molecule has 0 bridgehead atoms. The fraction of sp³-hybridized carbons (Fsp3) is 0.174. The van der Waals surface area contributed by atoms with E-state index in [9.17, 15) is 9.59 Å². The van der Waals surface area contributed by atoms with E-state index in [1.54, 1.807) is 11.3 Å². The van der Waals surface area contributed by atoms with E-state index >= 15 is 0 Å². The number of likely N-dealkylation sites (tertiary alicyclic amines) is 1. The molecule has 2 aliphatic rings. The van der Waals surface area contributed by atoms with Gasteiger partial charge in [0.1, 0.15) is 12.0 Å². The molecule has 2 aromatic carbocycles. The number of hydrogen-bond donors (Lipinski definition) is 0. The highest BCUT2D eigenvalue weighted by Crippen LogP contribution is 2.46. The first kappa shape index (κ1) is 17.6. The first-order chi connectivity index (χ1) is 14.2. The molecule has 2 aliphatic heterocycles. The number of imide groups is 1. The summed E-state index contributed by atoms with van der Waals surface area (Å²) in [4.78, 5) is 38.3. The SMILES string of the molecule is O=C1[C@@H]2[C@@H](ON(c3ccccc3)[C@H]2c2ccccn2)C(=O)N1Cc1ccccc1. The lowest BCUT2D eigenvalue weighted by Gasteiger charge is -2.28. The minimum Gasteiger partial charge on any atom is -0.275 e. The predicted molar refractivity (Wildman–Crippen MR) is 106 cm³/mol. The van der Waals surface area contributed by atoms with Crippen LogP contribution in [0.5, 0.6) is 0 Å². The van der Waals surface area contributed by atoms with Crippen molar-refractivity contribution in [3.8, 4) is 0 Å². The first-order valence-corrected chi connectivity index (χ1v) is 9.55. The highest BCUT2D eigenvalue weighted by molar-refractivity contribution is 6.07. The molecule has 6 heteroatoms. The van der Waals surface area contributed by atoms with Crippen molar-refractivity contribution in [2.24, 2.45) is 5.92 Å². The summed E-state index contributed by atoms with van der Waals surface area (Å²) in [6, 6.07) is 24.1. The third-order valence-electron chi connectivity index (χ3n) is 5.39. The number of anilines is 1. The highest BCUT2D eigenvalue weighted by atomic mass is 16.7. The zero-order valence-electron chi connectivity index (χ0n) is 15.6. The van der Waals surface area contributed by atoms with E-state index in [1.165, 1.54) is 4.90 Å². The summed E-state index contributed by atoms with van der Waals surface area (Å²) in [5.41, 5.74) is 2.39. The number of carbonyl (C=O) groups is 2. The topological polar surface area (TPSA) is 62.7 Å². The van der Waals surface area contributed by atoms with Crippen LogP contribution in [0.15, 0.2) is 85.1 Å². The maximum atomic E-state index is 13.3. The van der Waals surface area contributed by atoms with E-state index in [2.05, 4.69) is 4.98 Å². The molecule has 1 aromatic heterocycles. The Bertz CT molecular complexity index is 1030. The van der Waals surface area contributed by atoms with E-state index in [1.807, 2.05) is 78.9 Å². The molecule has 0 aliphatic carbocycles. The Morgan fingerprint density at radius 3 is 2.21 bits per heavy atom. The largest absolute Gasteiger partial charge is 0.275 e. The quantitative estimate of drug-likeness (QED) is 0.646. The zero-order valence-corrected chi connectivity index (χ0v) is 15.6. The Balaban J connectivity index is 1.52. The number of fused-ring (bicyclic) bond motifs is 1. The number of carbonyl (C=O) groups excluding carboxylic acids is 2. The van der Waals surface area contributed by atoms with Crippen LogP contribution in [-0.2, 0) is 21.0 Å². The number of rotatable bonds is 4. The van der Waals surface area contributed by atoms with Crippen LogP contribution in [0.2, 0.25) is 0 Å². The van der Waals surface area contributed by atoms with Crippen molar-refractivity contribution in [2.75, 3.05) is 5.06 Å². The van der Waals surface area contributed by atoms with Gasteiger partial charge in [0, 0.05) is 6.20 Å². The molecule has 3 aromatic rings. The molecule has 3 atom stereocenters. The van der Waals surface area contributed by atoms with Gasteiger partial charge in [-0.05, 0) is 29.8 Å². The molecular weight excluding hydrogens is 366 g/mol. The second kappa shape index (κ2) is 7.14. The molecule has 0 N–H and O–H groups in total. The van der Waals surface area contributed by atoms with Gasteiger partial charge in [0.05, 0.1) is 17.9 Å². The van der Waals surface area contributed by atoms with Crippen LogP contribution >= 0.6 is 0 Å². The summed E-state index contributed by atoms with van der Waals surface area (Å²) in [5, 5.41) is 1.66. The van der Waals surface area contributed by atoms with Crippen molar-refractivity contribution in [2.45, 2.75) is 18.7 Å². The third-order valence-corrected chi connectivity index (χ3v) is 5.39. The number of nitrogens with zero attached hydrogens (tertiary/aromatic N) is 3. The number of para-hydroxylation sites is 1. The maximum Gasteiger partial charge on any atom is 0.262 e. The van der Waals surface area contributed by atoms with Gasteiger partial charge in [-0.15, -0.1) is 0 Å². The van der Waals surface area contributed by atoms with Crippen LogP contribution in [0.4, 0.5) is 5.69 Å². The molecule has 0 unspecified atom stereocenters. The van der Waals surface area contributed by atoms with Crippen LogP contribution in [0, 0.1) is 5.92 Å².